The van der Waals surface area contributed by atoms with Gasteiger partial charge in [-0.2, -0.15) is 0 Å². The van der Waals surface area contributed by atoms with Gasteiger partial charge in [-0.05, 0) is 60.3 Å². The monoisotopic (exact) mass is 879 g/mol. The molecule has 65 heavy (non-hydrogen) atoms. The van der Waals surface area contributed by atoms with Crippen molar-refractivity contribution in [1.29, 1.82) is 0 Å². The molecule has 6 aromatic rings. The van der Waals surface area contributed by atoms with E-state index in [0.717, 1.165) is 22.3 Å². The summed E-state index contributed by atoms with van der Waals surface area (Å²) in [6, 6.07) is 37.2. The van der Waals surface area contributed by atoms with E-state index in [1.165, 1.54) is 14.2 Å². The number of rotatable bonds is 15. The van der Waals surface area contributed by atoms with Gasteiger partial charge in [-0.3, -0.25) is 14.5 Å². The number of ketones is 2. The van der Waals surface area contributed by atoms with Gasteiger partial charge in [0.05, 0.1) is 22.9 Å². The molecule has 334 valence electrons. The first-order valence-electron chi connectivity index (χ1n) is 21.6. The largest absolute Gasteiger partial charge is 0.507 e. The summed E-state index contributed by atoms with van der Waals surface area (Å²) in [6.45, 7) is 0.566. The second kappa shape index (κ2) is 18.1. The molecule has 13 heteroatoms. The van der Waals surface area contributed by atoms with Gasteiger partial charge in [-0.15, -0.1) is 0 Å². The first-order chi connectivity index (χ1) is 31.5. The van der Waals surface area contributed by atoms with Gasteiger partial charge in [0, 0.05) is 44.4 Å². The van der Waals surface area contributed by atoms with Crippen molar-refractivity contribution in [2.75, 3.05) is 33.2 Å². The number of fused-ring (bicyclic) bond motifs is 4. The molecule has 0 aliphatic heterocycles. The highest BCUT2D eigenvalue weighted by molar-refractivity contribution is 6.26. The maximum Gasteiger partial charge on any atom is 0.265 e. The number of carbonyl (C=O) groups is 2. The number of hydrogen-bond donors (Lipinski definition) is 2. The van der Waals surface area contributed by atoms with Crippen LogP contribution < -0.4 is 14.4 Å². The summed E-state index contributed by atoms with van der Waals surface area (Å²) in [6.07, 6.45) is -1.32. The number of halogens is 1. The quantitative estimate of drug-likeness (QED) is 0.0752. The third kappa shape index (κ3) is 7.78. The van der Waals surface area contributed by atoms with Crippen LogP contribution in [0.15, 0.2) is 131 Å². The lowest BCUT2D eigenvalue weighted by Crippen LogP contribution is -2.63. The Labute approximate surface area is 376 Å². The van der Waals surface area contributed by atoms with E-state index < -0.39 is 52.9 Å². The lowest BCUT2D eigenvalue weighted by molar-refractivity contribution is -0.142. The van der Waals surface area contributed by atoms with Gasteiger partial charge >= 0.3 is 0 Å². The van der Waals surface area contributed by atoms with Gasteiger partial charge < -0.3 is 38.6 Å². The van der Waals surface area contributed by atoms with Crippen molar-refractivity contribution in [2.24, 2.45) is 11.8 Å². The van der Waals surface area contributed by atoms with Crippen molar-refractivity contribution in [3.05, 3.63) is 183 Å². The fourth-order valence-corrected chi connectivity index (χ4v) is 9.89. The van der Waals surface area contributed by atoms with Gasteiger partial charge in [0.2, 0.25) is 11.6 Å². The molecule has 12 nitrogen and oxygen atoms in total. The minimum atomic E-state index is -2.67. The highest BCUT2D eigenvalue weighted by Gasteiger charge is 2.65. The first kappa shape index (κ1) is 43.6. The molecule has 3 aliphatic rings. The van der Waals surface area contributed by atoms with E-state index in [-0.39, 0.29) is 90.0 Å². The third-order valence-corrected chi connectivity index (χ3v) is 12.8. The molecular formula is C52H50FN3O9. The Hall–Kier alpha value is -6.64. The normalized spacial score (nSPS) is 20.0. The predicted octanol–water partition coefficient (Wildman–Crippen LogP) is 8.73. The molecule has 0 unspecified atom stereocenters. The van der Waals surface area contributed by atoms with Crippen LogP contribution in [-0.4, -0.2) is 65.8 Å². The van der Waals surface area contributed by atoms with Gasteiger partial charge in [0.1, 0.15) is 30.4 Å². The van der Waals surface area contributed by atoms with Crippen molar-refractivity contribution in [1.82, 2.24) is 10.1 Å². The first-order valence-corrected chi connectivity index (χ1v) is 21.6. The predicted molar refractivity (Wildman–Crippen MR) is 240 cm³/mol. The average Bonchev–Trinajstić information content (AvgIpc) is 3.74. The zero-order chi connectivity index (χ0) is 45.4. The van der Waals surface area contributed by atoms with Crippen LogP contribution in [0.3, 0.4) is 0 Å². The lowest BCUT2D eigenvalue weighted by Gasteiger charge is -2.49. The van der Waals surface area contributed by atoms with E-state index >= 15 is 9.18 Å². The Morgan fingerprint density at radius 1 is 0.769 bits per heavy atom. The summed E-state index contributed by atoms with van der Waals surface area (Å²) in [5, 5.41) is 29.7. The molecule has 1 fully saturated rings. The van der Waals surface area contributed by atoms with Crippen LogP contribution in [0.1, 0.15) is 73.8 Å². The fourth-order valence-electron chi connectivity index (χ4n) is 9.89. The molecule has 0 bridgehead atoms. The van der Waals surface area contributed by atoms with Crippen molar-refractivity contribution < 1.29 is 47.7 Å². The van der Waals surface area contributed by atoms with Crippen molar-refractivity contribution in [3.63, 3.8) is 0 Å². The maximum atomic E-state index is 18.1. The van der Waals surface area contributed by atoms with E-state index in [0.29, 0.717) is 0 Å². The van der Waals surface area contributed by atoms with Gasteiger partial charge in [-0.25, -0.2) is 4.39 Å². The van der Waals surface area contributed by atoms with Crippen LogP contribution in [0.25, 0.3) is 5.76 Å². The van der Waals surface area contributed by atoms with Crippen LogP contribution in [-0.2, 0) is 47.0 Å². The van der Waals surface area contributed by atoms with Crippen LogP contribution in [0.5, 0.6) is 11.6 Å². The summed E-state index contributed by atoms with van der Waals surface area (Å²) in [4.78, 5) is 33.8. The summed E-state index contributed by atoms with van der Waals surface area (Å²) in [5.41, 5.74) is 0.687. The lowest BCUT2D eigenvalue weighted by atomic mass is 9.57. The fraction of sp³-hybridized carbons (Fsp3) is 0.288. The number of carbonyl (C=O) groups excluding carboxylic acids is 2. The summed E-state index contributed by atoms with van der Waals surface area (Å²) >= 11 is 0. The number of aliphatic hydroxyl groups excluding tert-OH is 1. The smallest absolute Gasteiger partial charge is 0.265 e. The minimum absolute atomic E-state index is 0.00113. The van der Waals surface area contributed by atoms with Crippen molar-refractivity contribution >= 4 is 23.0 Å². The van der Waals surface area contributed by atoms with Gasteiger partial charge in [0.15, 0.2) is 23.4 Å². The molecular weight excluding hydrogens is 830 g/mol. The summed E-state index contributed by atoms with van der Waals surface area (Å²) in [7, 11) is 6.34. The van der Waals surface area contributed by atoms with Crippen molar-refractivity contribution in [2.45, 2.75) is 57.1 Å². The van der Waals surface area contributed by atoms with Gasteiger partial charge in [-0.1, -0.05) is 121 Å². The zero-order valence-corrected chi connectivity index (χ0v) is 36.6. The number of methoxy groups -OCH3 is 2. The Kier molecular flexibility index (Phi) is 12.1. The van der Waals surface area contributed by atoms with Crippen LogP contribution >= 0.6 is 0 Å². The third-order valence-electron chi connectivity index (χ3n) is 12.8. The second-order valence-electron chi connectivity index (χ2n) is 17.0. The Morgan fingerprint density at radius 3 is 1.82 bits per heavy atom. The highest BCUT2D eigenvalue weighted by atomic mass is 19.1. The highest BCUT2D eigenvalue weighted by Crippen LogP contribution is 2.58. The molecule has 0 amide bonds. The number of hydrogen-bond acceptors (Lipinski definition) is 12. The molecule has 1 saturated carbocycles. The molecule has 4 atom stereocenters. The molecule has 1 aromatic heterocycles. The van der Waals surface area contributed by atoms with E-state index in [1.807, 2.05) is 126 Å². The number of anilines is 1. The van der Waals surface area contributed by atoms with E-state index in [9.17, 15) is 15.0 Å². The van der Waals surface area contributed by atoms with Crippen LogP contribution in [0, 0.1) is 17.7 Å². The summed E-state index contributed by atoms with van der Waals surface area (Å²) in [5.74, 6) is -5.07. The Morgan fingerprint density at radius 2 is 1.29 bits per heavy atom. The zero-order valence-electron chi connectivity index (χ0n) is 36.6. The number of aromatic nitrogens is 1. The minimum Gasteiger partial charge on any atom is -0.507 e. The molecule has 2 N–H and O–H groups in total. The Balaban J connectivity index is 1.24. The average molecular weight is 880 g/mol. The van der Waals surface area contributed by atoms with Crippen molar-refractivity contribution in [3.8, 4) is 11.6 Å². The van der Waals surface area contributed by atoms with Gasteiger partial charge in [0.25, 0.3) is 5.88 Å². The molecule has 0 saturated heterocycles. The number of nitrogens with zero attached hydrogens (tertiary/aromatic N) is 3. The van der Waals surface area contributed by atoms with Crippen LogP contribution in [0.2, 0.25) is 0 Å². The maximum absolute atomic E-state index is 18.1. The van der Waals surface area contributed by atoms with E-state index in [2.05, 4.69) is 5.16 Å². The van der Waals surface area contributed by atoms with E-state index in [1.54, 1.807) is 19.0 Å². The SMILES string of the molecule is COC(OC)c1c(F)c2c(c(OCc3ccccc3)c1N(Cc1ccccc1)Cc1ccccc1)C(O)=C1C(=O)[C@]3(O)C(=O)c4c(OCc5ccccc5)noc4[C@@H](N(C)C)[C@@H]3C[C@@H]1C2. The number of Topliss-reactive ketones (excluding diaryl/α,β-unsaturated/α-hetero) is 2. The number of benzene rings is 5. The molecule has 1 heterocycles. The Bertz CT molecular complexity index is 2680. The number of aliphatic hydroxyl groups is 2. The molecule has 0 radical (unpaired) electrons. The summed E-state index contributed by atoms with van der Waals surface area (Å²) < 4.78 is 48.5. The van der Waals surface area contributed by atoms with Crippen LogP contribution in [0.4, 0.5) is 10.1 Å². The number of ether oxygens (including phenoxy) is 4. The second-order valence-corrected chi connectivity index (χ2v) is 17.0. The molecule has 0 spiro atoms. The molecule has 9 rings (SSSR count). The topological polar surface area (TPSA) is 144 Å². The standard InChI is InChI=1S/C52H50FN3O9/c1-55(2)43-37-26-35-25-36-39(45(57)38(35)48(58)52(37,60)49(59)41-47(43)65-54-50(41)64-30-34-23-15-8-16-24-34)46(63-29-33-21-13-7-14-22-33)44(40(42(36)53)51(61-3)62-4)56(27-31-17-9-5-10-18-31)28-32-19-11-6-12-20-32/h5-24,35,37,43,51,57,60H,25-30H2,1-4H3/t35-,37-,43-,52-/m0/s1. The molecule has 3 aliphatic carbocycles. The molecule has 5 aromatic carbocycles. The van der Waals surface area contributed by atoms with E-state index in [4.69, 9.17) is 23.5 Å².